The maximum absolute atomic E-state index is 12.2. The lowest BCUT2D eigenvalue weighted by Crippen LogP contribution is -2.36. The number of benzene rings is 1. The lowest BCUT2D eigenvalue weighted by Gasteiger charge is -2.15. The number of hydrogen-bond donors (Lipinski definition) is 2. The van der Waals surface area contributed by atoms with E-state index < -0.39 is 5.41 Å². The molecule has 1 aliphatic rings. The van der Waals surface area contributed by atoms with Crippen molar-refractivity contribution in [2.24, 2.45) is 0 Å². The number of nitrogens with two attached hydrogens (primary N) is 1. The van der Waals surface area contributed by atoms with Crippen molar-refractivity contribution >= 4 is 17.6 Å². The maximum atomic E-state index is 12.2. The minimum atomic E-state index is -0.427. The molecule has 3 N–H and O–H groups in total. The van der Waals surface area contributed by atoms with Crippen LogP contribution in [0.4, 0.5) is 5.69 Å². The number of anilines is 1. The third-order valence-corrected chi connectivity index (χ3v) is 3.49. The lowest BCUT2D eigenvalue weighted by molar-refractivity contribution is -0.140. The van der Waals surface area contributed by atoms with Crippen LogP contribution in [0, 0.1) is 0 Å². The number of esters is 1. The number of ether oxygens (including phenoxy) is 1. The average molecular weight is 262 g/mol. The van der Waals surface area contributed by atoms with Gasteiger partial charge in [0.25, 0.3) is 0 Å². The molecule has 1 saturated carbocycles. The zero-order chi connectivity index (χ0) is 13.9. The van der Waals surface area contributed by atoms with Crippen LogP contribution in [0.25, 0.3) is 0 Å². The lowest BCUT2D eigenvalue weighted by atomic mass is 9.95. The van der Waals surface area contributed by atoms with E-state index in [-0.39, 0.29) is 18.3 Å². The highest BCUT2D eigenvalue weighted by Gasteiger charge is 2.50. The monoisotopic (exact) mass is 262 g/mol. The molecule has 0 unspecified atom stereocenters. The van der Waals surface area contributed by atoms with Crippen LogP contribution >= 0.6 is 0 Å². The van der Waals surface area contributed by atoms with Gasteiger partial charge in [-0.15, -0.1) is 0 Å². The highest BCUT2D eigenvalue weighted by atomic mass is 16.5. The average Bonchev–Trinajstić information content (AvgIpc) is 3.20. The molecule has 5 heteroatoms. The fourth-order valence-electron chi connectivity index (χ4n) is 2.12. The number of nitrogen functional groups attached to an aromatic ring is 1. The second kappa shape index (κ2) is 5.30. The van der Waals surface area contributed by atoms with Gasteiger partial charge in [-0.2, -0.15) is 0 Å². The maximum Gasteiger partial charge on any atom is 0.307 e. The summed E-state index contributed by atoms with van der Waals surface area (Å²) in [7, 11) is 1.33. The van der Waals surface area contributed by atoms with Gasteiger partial charge in [-0.05, 0) is 30.5 Å². The molecule has 1 aromatic rings. The van der Waals surface area contributed by atoms with Crippen LogP contribution in [-0.2, 0) is 19.7 Å². The SMILES string of the molecule is COC(=O)CCNC(=O)C1(c2ccc(N)cc2)CC1. The Balaban J connectivity index is 1.95. The van der Waals surface area contributed by atoms with Gasteiger partial charge in [0.05, 0.1) is 18.9 Å². The van der Waals surface area contributed by atoms with Gasteiger partial charge >= 0.3 is 5.97 Å². The zero-order valence-electron chi connectivity index (χ0n) is 10.9. The number of methoxy groups -OCH3 is 1. The van der Waals surface area contributed by atoms with Crippen molar-refractivity contribution in [3.63, 3.8) is 0 Å². The van der Waals surface area contributed by atoms with Crippen molar-refractivity contribution in [3.05, 3.63) is 29.8 Å². The number of carbonyl (C=O) groups excluding carboxylic acids is 2. The first-order chi connectivity index (χ1) is 9.08. The minimum absolute atomic E-state index is 0.0267. The van der Waals surface area contributed by atoms with Crippen LogP contribution in [0.3, 0.4) is 0 Å². The third-order valence-electron chi connectivity index (χ3n) is 3.49. The van der Waals surface area contributed by atoms with Crippen molar-refractivity contribution in [3.8, 4) is 0 Å². The minimum Gasteiger partial charge on any atom is -0.469 e. The Morgan fingerprint density at radius 3 is 2.47 bits per heavy atom. The Morgan fingerprint density at radius 2 is 1.95 bits per heavy atom. The summed E-state index contributed by atoms with van der Waals surface area (Å²) in [4.78, 5) is 23.2. The van der Waals surface area contributed by atoms with Crippen LogP contribution in [0.1, 0.15) is 24.8 Å². The molecule has 0 bridgehead atoms. The molecule has 5 nitrogen and oxygen atoms in total. The molecule has 2 rings (SSSR count). The molecule has 0 radical (unpaired) electrons. The van der Waals surface area contributed by atoms with Gasteiger partial charge in [0.15, 0.2) is 0 Å². The van der Waals surface area contributed by atoms with Gasteiger partial charge in [0.2, 0.25) is 5.91 Å². The van der Waals surface area contributed by atoms with E-state index in [4.69, 9.17) is 5.73 Å². The first kappa shape index (κ1) is 13.4. The molecule has 0 heterocycles. The summed E-state index contributed by atoms with van der Waals surface area (Å²) in [6, 6.07) is 7.39. The quantitative estimate of drug-likeness (QED) is 0.612. The van der Waals surface area contributed by atoms with Gasteiger partial charge in [-0.3, -0.25) is 9.59 Å². The predicted octanol–water partition coefficient (Wildman–Crippen LogP) is 0.980. The molecule has 0 saturated heterocycles. The second-order valence-electron chi connectivity index (χ2n) is 4.79. The highest BCUT2D eigenvalue weighted by Crippen LogP contribution is 2.48. The van der Waals surface area contributed by atoms with E-state index in [0.29, 0.717) is 12.2 Å². The van der Waals surface area contributed by atoms with Gasteiger partial charge in [0.1, 0.15) is 0 Å². The molecule has 1 fully saturated rings. The van der Waals surface area contributed by atoms with Crippen LogP contribution in [0.2, 0.25) is 0 Å². The van der Waals surface area contributed by atoms with Gasteiger partial charge in [-0.1, -0.05) is 12.1 Å². The Labute approximate surface area is 112 Å². The van der Waals surface area contributed by atoms with E-state index in [1.165, 1.54) is 7.11 Å². The smallest absolute Gasteiger partial charge is 0.307 e. The van der Waals surface area contributed by atoms with E-state index in [0.717, 1.165) is 18.4 Å². The topological polar surface area (TPSA) is 81.4 Å². The molecule has 1 aromatic carbocycles. The van der Waals surface area contributed by atoms with Crippen LogP contribution < -0.4 is 11.1 Å². The Bertz CT molecular complexity index is 478. The number of hydrogen-bond acceptors (Lipinski definition) is 4. The van der Waals surface area contributed by atoms with E-state index in [1.807, 2.05) is 12.1 Å². The summed E-state index contributed by atoms with van der Waals surface area (Å²) in [5.41, 5.74) is 6.89. The van der Waals surface area contributed by atoms with Gasteiger partial charge in [-0.25, -0.2) is 0 Å². The standard InChI is InChI=1S/C14H18N2O3/c1-19-12(17)6-9-16-13(18)14(7-8-14)10-2-4-11(15)5-3-10/h2-5H,6-9,15H2,1H3,(H,16,18). The third kappa shape index (κ3) is 2.86. The summed E-state index contributed by atoms with van der Waals surface area (Å²) in [6.45, 7) is 0.308. The molecule has 1 aliphatic carbocycles. The highest BCUT2D eigenvalue weighted by molar-refractivity contribution is 5.91. The number of nitrogens with one attached hydrogen (secondary N) is 1. The van der Waals surface area contributed by atoms with Crippen LogP contribution in [-0.4, -0.2) is 25.5 Å². The zero-order valence-corrected chi connectivity index (χ0v) is 10.9. The summed E-state index contributed by atoms with van der Waals surface area (Å²) in [5, 5.41) is 2.79. The van der Waals surface area contributed by atoms with E-state index in [1.54, 1.807) is 12.1 Å². The summed E-state index contributed by atoms with van der Waals surface area (Å²) < 4.78 is 4.53. The van der Waals surface area contributed by atoms with Crippen molar-refractivity contribution in [2.75, 3.05) is 19.4 Å². The molecule has 0 aromatic heterocycles. The predicted molar refractivity (Wildman–Crippen MR) is 71.4 cm³/mol. The normalized spacial score (nSPS) is 15.6. The Hall–Kier alpha value is -2.04. The molecular formula is C14H18N2O3. The van der Waals surface area contributed by atoms with Crippen LogP contribution in [0.15, 0.2) is 24.3 Å². The van der Waals surface area contributed by atoms with Crippen molar-refractivity contribution in [1.29, 1.82) is 0 Å². The molecule has 19 heavy (non-hydrogen) atoms. The van der Waals surface area contributed by atoms with Crippen molar-refractivity contribution < 1.29 is 14.3 Å². The number of carbonyl (C=O) groups is 2. The number of amides is 1. The largest absolute Gasteiger partial charge is 0.469 e. The Kier molecular flexibility index (Phi) is 3.74. The first-order valence-corrected chi connectivity index (χ1v) is 6.29. The molecular weight excluding hydrogens is 244 g/mol. The summed E-state index contributed by atoms with van der Waals surface area (Å²) in [6.07, 6.45) is 1.86. The fourth-order valence-corrected chi connectivity index (χ4v) is 2.12. The second-order valence-corrected chi connectivity index (χ2v) is 4.79. The first-order valence-electron chi connectivity index (χ1n) is 6.29. The fraction of sp³-hybridized carbons (Fsp3) is 0.429. The summed E-state index contributed by atoms with van der Waals surface area (Å²) in [5.74, 6) is -0.348. The van der Waals surface area contributed by atoms with Crippen molar-refractivity contribution in [2.45, 2.75) is 24.7 Å². The van der Waals surface area contributed by atoms with E-state index in [9.17, 15) is 9.59 Å². The summed E-state index contributed by atoms with van der Waals surface area (Å²) >= 11 is 0. The molecule has 0 spiro atoms. The van der Waals surface area contributed by atoms with Crippen molar-refractivity contribution in [1.82, 2.24) is 5.32 Å². The van der Waals surface area contributed by atoms with Gasteiger partial charge < -0.3 is 15.8 Å². The molecule has 0 aliphatic heterocycles. The molecule has 0 atom stereocenters. The Morgan fingerprint density at radius 1 is 1.32 bits per heavy atom. The van der Waals surface area contributed by atoms with Crippen LogP contribution in [0.5, 0.6) is 0 Å². The van der Waals surface area contributed by atoms with E-state index in [2.05, 4.69) is 10.1 Å². The van der Waals surface area contributed by atoms with Gasteiger partial charge in [0, 0.05) is 12.2 Å². The molecule has 1 amide bonds. The molecule has 102 valence electrons. The van der Waals surface area contributed by atoms with E-state index >= 15 is 0 Å². The number of rotatable bonds is 5.